The SMILES string of the molecule is CCCCCC1CCC(c2cc(F)c(COc3cc(F)cc(F)c3)c(F)c2)CC1. The van der Waals surface area contributed by atoms with Gasteiger partial charge in [-0.1, -0.05) is 32.6 Å². The van der Waals surface area contributed by atoms with E-state index in [4.69, 9.17) is 4.74 Å². The molecule has 29 heavy (non-hydrogen) atoms. The molecule has 1 fully saturated rings. The van der Waals surface area contributed by atoms with Gasteiger partial charge in [0.15, 0.2) is 0 Å². The first kappa shape index (κ1) is 21.7. The fourth-order valence-corrected chi connectivity index (χ4v) is 4.23. The molecule has 0 heterocycles. The monoisotopic (exact) mass is 408 g/mol. The molecule has 0 aliphatic heterocycles. The van der Waals surface area contributed by atoms with Crippen molar-refractivity contribution in [3.63, 3.8) is 0 Å². The molecule has 0 amide bonds. The first-order chi connectivity index (χ1) is 14.0. The average Bonchev–Trinajstić information content (AvgIpc) is 2.67. The molecule has 0 unspecified atom stereocenters. The normalized spacial score (nSPS) is 19.3. The predicted octanol–water partition coefficient (Wildman–Crippen LogP) is 7.68. The van der Waals surface area contributed by atoms with Gasteiger partial charge in [0.05, 0.1) is 5.56 Å². The molecular formula is C24H28F4O. The Morgan fingerprint density at radius 3 is 2.03 bits per heavy atom. The zero-order valence-electron chi connectivity index (χ0n) is 16.8. The molecule has 0 atom stereocenters. The molecule has 2 aromatic rings. The summed E-state index contributed by atoms with van der Waals surface area (Å²) < 4.78 is 60.7. The Labute approximate surface area is 170 Å². The van der Waals surface area contributed by atoms with Crippen LogP contribution < -0.4 is 4.74 Å². The maximum atomic E-state index is 14.5. The van der Waals surface area contributed by atoms with Gasteiger partial charge in [-0.25, -0.2) is 17.6 Å². The molecule has 0 saturated heterocycles. The van der Waals surface area contributed by atoms with Crippen LogP contribution in [0.5, 0.6) is 5.75 Å². The van der Waals surface area contributed by atoms with Crippen LogP contribution >= 0.6 is 0 Å². The van der Waals surface area contributed by atoms with Gasteiger partial charge in [-0.2, -0.15) is 0 Å². The van der Waals surface area contributed by atoms with Crippen molar-refractivity contribution in [3.8, 4) is 5.75 Å². The minimum absolute atomic E-state index is 0.105. The van der Waals surface area contributed by atoms with Crippen molar-refractivity contribution in [1.29, 1.82) is 0 Å². The molecule has 0 radical (unpaired) electrons. The molecule has 0 spiro atoms. The molecule has 2 aromatic carbocycles. The van der Waals surface area contributed by atoms with Crippen molar-refractivity contribution in [1.82, 2.24) is 0 Å². The third kappa shape index (κ3) is 5.97. The van der Waals surface area contributed by atoms with Crippen LogP contribution in [-0.4, -0.2) is 0 Å². The lowest BCUT2D eigenvalue weighted by atomic mass is 9.77. The van der Waals surface area contributed by atoms with Crippen LogP contribution in [0.3, 0.4) is 0 Å². The second kappa shape index (κ2) is 10.1. The van der Waals surface area contributed by atoms with Crippen LogP contribution in [0.15, 0.2) is 30.3 Å². The number of ether oxygens (including phenoxy) is 1. The van der Waals surface area contributed by atoms with Gasteiger partial charge in [0.1, 0.15) is 35.6 Å². The first-order valence-corrected chi connectivity index (χ1v) is 10.5. The number of benzene rings is 2. The second-order valence-electron chi connectivity index (χ2n) is 8.07. The van der Waals surface area contributed by atoms with E-state index in [9.17, 15) is 17.6 Å². The lowest BCUT2D eigenvalue weighted by Crippen LogP contribution is -2.14. The van der Waals surface area contributed by atoms with E-state index in [1.54, 1.807) is 0 Å². The molecule has 1 nitrogen and oxygen atoms in total. The van der Waals surface area contributed by atoms with Gasteiger partial charge in [-0.15, -0.1) is 0 Å². The van der Waals surface area contributed by atoms with E-state index in [0.717, 1.165) is 43.7 Å². The van der Waals surface area contributed by atoms with Crippen molar-refractivity contribution >= 4 is 0 Å². The van der Waals surface area contributed by atoms with Crippen LogP contribution in [0.1, 0.15) is 75.3 Å². The summed E-state index contributed by atoms with van der Waals surface area (Å²) in [7, 11) is 0. The number of hydrogen-bond acceptors (Lipinski definition) is 1. The maximum Gasteiger partial charge on any atom is 0.133 e. The van der Waals surface area contributed by atoms with E-state index in [1.165, 1.54) is 37.8 Å². The summed E-state index contributed by atoms with van der Waals surface area (Å²) in [5.41, 5.74) is 0.458. The summed E-state index contributed by atoms with van der Waals surface area (Å²) in [6, 6.07) is 5.44. The molecule has 5 heteroatoms. The molecule has 158 valence electrons. The Bertz CT molecular complexity index is 769. The Balaban J connectivity index is 1.61. The van der Waals surface area contributed by atoms with E-state index in [1.807, 2.05) is 0 Å². The smallest absolute Gasteiger partial charge is 0.133 e. The number of unbranched alkanes of at least 4 members (excludes halogenated alkanes) is 2. The average molecular weight is 408 g/mol. The summed E-state index contributed by atoms with van der Waals surface area (Å²) in [4.78, 5) is 0. The molecule has 1 aliphatic rings. The Kier molecular flexibility index (Phi) is 7.57. The summed E-state index contributed by atoms with van der Waals surface area (Å²) in [5, 5.41) is 0. The van der Waals surface area contributed by atoms with Crippen molar-refractivity contribution < 1.29 is 22.3 Å². The highest BCUT2D eigenvalue weighted by molar-refractivity contribution is 5.30. The fraction of sp³-hybridized carbons (Fsp3) is 0.500. The summed E-state index contributed by atoms with van der Waals surface area (Å²) in [6.07, 6.45) is 9.11. The third-order valence-electron chi connectivity index (χ3n) is 5.92. The molecule has 0 aromatic heterocycles. The van der Waals surface area contributed by atoms with Crippen LogP contribution in [0.2, 0.25) is 0 Å². The van der Waals surface area contributed by atoms with Crippen molar-refractivity contribution in [2.45, 2.75) is 70.8 Å². The van der Waals surface area contributed by atoms with Gasteiger partial charge in [0.2, 0.25) is 0 Å². The highest BCUT2D eigenvalue weighted by Crippen LogP contribution is 2.38. The topological polar surface area (TPSA) is 9.23 Å². The summed E-state index contributed by atoms with van der Waals surface area (Å²) >= 11 is 0. The van der Waals surface area contributed by atoms with Crippen LogP contribution in [0.25, 0.3) is 0 Å². The van der Waals surface area contributed by atoms with E-state index in [2.05, 4.69) is 6.92 Å². The number of halogens is 4. The minimum Gasteiger partial charge on any atom is -0.488 e. The highest BCUT2D eigenvalue weighted by atomic mass is 19.1. The zero-order chi connectivity index (χ0) is 20.8. The fourth-order valence-electron chi connectivity index (χ4n) is 4.23. The van der Waals surface area contributed by atoms with Crippen molar-refractivity contribution in [3.05, 3.63) is 64.7 Å². The molecule has 1 aliphatic carbocycles. The Hall–Kier alpha value is -2.04. The van der Waals surface area contributed by atoms with Gasteiger partial charge < -0.3 is 4.74 Å². The quantitative estimate of drug-likeness (QED) is 0.321. The first-order valence-electron chi connectivity index (χ1n) is 10.5. The molecule has 0 bridgehead atoms. The Morgan fingerprint density at radius 2 is 1.45 bits per heavy atom. The van der Waals surface area contributed by atoms with E-state index >= 15 is 0 Å². The van der Waals surface area contributed by atoms with E-state index in [-0.39, 0.29) is 17.2 Å². The Morgan fingerprint density at radius 1 is 0.828 bits per heavy atom. The van der Waals surface area contributed by atoms with E-state index in [0.29, 0.717) is 11.6 Å². The maximum absolute atomic E-state index is 14.5. The van der Waals surface area contributed by atoms with Crippen molar-refractivity contribution in [2.75, 3.05) is 0 Å². The largest absolute Gasteiger partial charge is 0.488 e. The highest BCUT2D eigenvalue weighted by Gasteiger charge is 2.24. The third-order valence-corrected chi connectivity index (χ3v) is 5.92. The molecule has 1 saturated carbocycles. The minimum atomic E-state index is -0.804. The number of hydrogen-bond donors (Lipinski definition) is 0. The zero-order valence-corrected chi connectivity index (χ0v) is 16.8. The molecule has 0 N–H and O–H groups in total. The summed E-state index contributed by atoms with van der Waals surface area (Å²) in [5.74, 6) is -2.17. The summed E-state index contributed by atoms with van der Waals surface area (Å²) in [6.45, 7) is 1.77. The van der Waals surface area contributed by atoms with Crippen LogP contribution in [0, 0.1) is 29.2 Å². The van der Waals surface area contributed by atoms with Gasteiger partial charge in [0, 0.05) is 18.2 Å². The van der Waals surface area contributed by atoms with Crippen LogP contribution in [-0.2, 0) is 6.61 Å². The van der Waals surface area contributed by atoms with Gasteiger partial charge in [-0.3, -0.25) is 0 Å². The number of rotatable bonds is 8. The van der Waals surface area contributed by atoms with E-state index < -0.39 is 29.9 Å². The molecular weight excluding hydrogens is 380 g/mol. The molecule has 3 rings (SSSR count). The van der Waals surface area contributed by atoms with Gasteiger partial charge in [0.25, 0.3) is 0 Å². The lowest BCUT2D eigenvalue weighted by Gasteiger charge is -2.29. The predicted molar refractivity (Wildman–Crippen MR) is 106 cm³/mol. The van der Waals surface area contributed by atoms with Gasteiger partial charge >= 0.3 is 0 Å². The van der Waals surface area contributed by atoms with Crippen molar-refractivity contribution in [2.24, 2.45) is 5.92 Å². The van der Waals surface area contributed by atoms with Crippen LogP contribution in [0.4, 0.5) is 17.6 Å². The lowest BCUT2D eigenvalue weighted by molar-refractivity contribution is 0.287. The second-order valence-corrected chi connectivity index (χ2v) is 8.07. The van der Waals surface area contributed by atoms with Gasteiger partial charge in [-0.05, 0) is 55.2 Å². The standard InChI is InChI=1S/C24H28F4O/c1-2-3-4-5-16-6-8-17(9-7-16)18-10-23(27)22(24(28)11-18)15-29-21-13-19(25)12-20(26)14-21/h10-14,16-17H,2-9,15H2,1H3.